The molecule has 0 aromatic carbocycles. The highest BCUT2D eigenvalue weighted by atomic mass is 16.5. The summed E-state index contributed by atoms with van der Waals surface area (Å²) in [4.78, 5) is 11.1. The molecular formula is C9H18O2. The molecule has 0 heterocycles. The third-order valence-electron chi connectivity index (χ3n) is 1.91. The highest BCUT2D eigenvalue weighted by Gasteiger charge is 2.13. The molecule has 0 N–H and O–H groups in total. The van der Waals surface area contributed by atoms with Gasteiger partial charge in [-0.05, 0) is 19.8 Å². The Morgan fingerprint density at radius 2 is 1.82 bits per heavy atom. The van der Waals surface area contributed by atoms with Crippen molar-refractivity contribution in [3.63, 3.8) is 0 Å². The van der Waals surface area contributed by atoms with Crippen molar-refractivity contribution in [2.75, 3.05) is 0 Å². The van der Waals surface area contributed by atoms with Gasteiger partial charge in [-0.1, -0.05) is 20.8 Å². The monoisotopic (exact) mass is 158 g/mol. The minimum atomic E-state index is -0.0677. The number of ether oxygens (including phenoxy) is 1. The van der Waals surface area contributed by atoms with Gasteiger partial charge >= 0.3 is 5.97 Å². The zero-order valence-corrected chi connectivity index (χ0v) is 7.89. The summed E-state index contributed by atoms with van der Waals surface area (Å²) in [6.45, 7) is 7.81. The molecule has 0 aliphatic carbocycles. The van der Waals surface area contributed by atoms with Crippen LogP contribution in [0.1, 0.15) is 40.5 Å². The molecule has 11 heavy (non-hydrogen) atoms. The van der Waals surface area contributed by atoms with Crippen molar-refractivity contribution in [1.82, 2.24) is 0 Å². The second-order valence-corrected chi connectivity index (χ2v) is 2.97. The smallest absolute Gasteiger partial charge is 0.308 e. The molecule has 0 rings (SSSR count). The standard InChI is InChI=1S/C9H18O2/c1-5-7(3)9(10)11-8(4)6-2/h7-8H,5-6H2,1-4H3/t7?,8-/m1/s1. The minimum absolute atomic E-state index is 0.0454. The zero-order valence-electron chi connectivity index (χ0n) is 7.89. The molecule has 66 valence electrons. The molecule has 2 heteroatoms. The maximum atomic E-state index is 11.1. The largest absolute Gasteiger partial charge is 0.462 e. The highest BCUT2D eigenvalue weighted by molar-refractivity contribution is 5.72. The van der Waals surface area contributed by atoms with E-state index in [9.17, 15) is 4.79 Å². The molecule has 0 bridgehead atoms. The molecule has 0 saturated carbocycles. The third-order valence-corrected chi connectivity index (χ3v) is 1.91. The predicted molar refractivity (Wildman–Crippen MR) is 45.3 cm³/mol. The van der Waals surface area contributed by atoms with Gasteiger partial charge in [0.1, 0.15) is 0 Å². The number of hydrogen-bond acceptors (Lipinski definition) is 2. The molecule has 2 nitrogen and oxygen atoms in total. The molecular weight excluding hydrogens is 140 g/mol. The van der Waals surface area contributed by atoms with Crippen LogP contribution in [0, 0.1) is 5.92 Å². The van der Waals surface area contributed by atoms with Crippen LogP contribution in [-0.2, 0) is 9.53 Å². The van der Waals surface area contributed by atoms with Gasteiger partial charge in [-0.3, -0.25) is 4.79 Å². The molecule has 1 unspecified atom stereocenters. The quantitative estimate of drug-likeness (QED) is 0.587. The van der Waals surface area contributed by atoms with Crippen molar-refractivity contribution in [3.05, 3.63) is 0 Å². The maximum absolute atomic E-state index is 11.1. The second-order valence-electron chi connectivity index (χ2n) is 2.97. The van der Waals surface area contributed by atoms with E-state index in [1.165, 1.54) is 0 Å². The van der Waals surface area contributed by atoms with Gasteiger partial charge in [0.25, 0.3) is 0 Å². The topological polar surface area (TPSA) is 26.3 Å². The molecule has 0 aliphatic rings. The van der Waals surface area contributed by atoms with E-state index < -0.39 is 0 Å². The van der Waals surface area contributed by atoms with E-state index in [1.807, 2.05) is 27.7 Å². The van der Waals surface area contributed by atoms with E-state index in [0.717, 1.165) is 12.8 Å². The third kappa shape index (κ3) is 4.02. The van der Waals surface area contributed by atoms with Gasteiger partial charge in [-0.15, -0.1) is 0 Å². The Morgan fingerprint density at radius 3 is 2.18 bits per heavy atom. The van der Waals surface area contributed by atoms with E-state index in [4.69, 9.17) is 4.74 Å². The molecule has 0 saturated heterocycles. The van der Waals surface area contributed by atoms with Crippen LogP contribution < -0.4 is 0 Å². The average Bonchev–Trinajstić information content (AvgIpc) is 2.02. The van der Waals surface area contributed by atoms with Crippen LogP contribution in [0.3, 0.4) is 0 Å². The Bertz CT molecular complexity index is 121. The Labute approximate surface area is 68.9 Å². The molecule has 0 aromatic heterocycles. The van der Waals surface area contributed by atoms with Crippen LogP contribution in [0.5, 0.6) is 0 Å². The Morgan fingerprint density at radius 1 is 1.27 bits per heavy atom. The summed E-state index contributed by atoms with van der Waals surface area (Å²) in [7, 11) is 0. The lowest BCUT2D eigenvalue weighted by atomic mass is 10.1. The lowest BCUT2D eigenvalue weighted by molar-refractivity contribution is -0.152. The van der Waals surface area contributed by atoms with E-state index in [2.05, 4.69) is 0 Å². The first-order valence-corrected chi connectivity index (χ1v) is 4.32. The lowest BCUT2D eigenvalue weighted by Crippen LogP contribution is -2.19. The van der Waals surface area contributed by atoms with E-state index >= 15 is 0 Å². The molecule has 2 atom stereocenters. The summed E-state index contributed by atoms with van der Waals surface area (Å²) in [6, 6.07) is 0. The number of carbonyl (C=O) groups excluding carboxylic acids is 1. The molecule has 0 aliphatic heterocycles. The van der Waals surface area contributed by atoms with Crippen molar-refractivity contribution < 1.29 is 9.53 Å². The molecule has 0 spiro atoms. The van der Waals surface area contributed by atoms with Crippen LogP contribution in [0.2, 0.25) is 0 Å². The fourth-order valence-electron chi connectivity index (χ4n) is 0.564. The van der Waals surface area contributed by atoms with Crippen molar-refractivity contribution >= 4 is 5.97 Å². The van der Waals surface area contributed by atoms with E-state index in [1.54, 1.807) is 0 Å². The average molecular weight is 158 g/mol. The molecule has 0 fully saturated rings. The second kappa shape index (κ2) is 5.16. The number of rotatable bonds is 4. The van der Waals surface area contributed by atoms with Crippen LogP contribution in [0.4, 0.5) is 0 Å². The Kier molecular flexibility index (Phi) is 4.92. The first kappa shape index (κ1) is 10.5. The normalized spacial score (nSPS) is 15.6. The van der Waals surface area contributed by atoms with Crippen LogP contribution in [0.15, 0.2) is 0 Å². The number of hydrogen-bond donors (Lipinski definition) is 0. The summed E-state index contributed by atoms with van der Waals surface area (Å²) < 4.78 is 5.11. The maximum Gasteiger partial charge on any atom is 0.308 e. The summed E-state index contributed by atoms with van der Waals surface area (Å²) in [5.41, 5.74) is 0. The van der Waals surface area contributed by atoms with Crippen molar-refractivity contribution in [2.24, 2.45) is 5.92 Å². The Balaban J connectivity index is 3.68. The van der Waals surface area contributed by atoms with Gasteiger partial charge < -0.3 is 4.74 Å². The minimum Gasteiger partial charge on any atom is -0.462 e. The van der Waals surface area contributed by atoms with E-state index in [-0.39, 0.29) is 18.0 Å². The zero-order chi connectivity index (χ0) is 8.85. The van der Waals surface area contributed by atoms with Gasteiger partial charge in [-0.2, -0.15) is 0 Å². The first-order chi connectivity index (χ1) is 5.11. The fraction of sp³-hybridized carbons (Fsp3) is 0.889. The van der Waals surface area contributed by atoms with Crippen LogP contribution >= 0.6 is 0 Å². The summed E-state index contributed by atoms with van der Waals surface area (Å²) >= 11 is 0. The van der Waals surface area contributed by atoms with Gasteiger partial charge in [0.2, 0.25) is 0 Å². The Hall–Kier alpha value is -0.530. The van der Waals surface area contributed by atoms with Gasteiger partial charge in [0, 0.05) is 0 Å². The first-order valence-electron chi connectivity index (χ1n) is 4.32. The summed E-state index contributed by atoms with van der Waals surface area (Å²) in [5.74, 6) is -0.0224. The molecule has 0 radical (unpaired) electrons. The van der Waals surface area contributed by atoms with Gasteiger partial charge in [0.15, 0.2) is 0 Å². The molecule has 0 aromatic rings. The number of esters is 1. The SMILES string of the molecule is CCC(C)C(=O)O[C@H](C)CC. The van der Waals surface area contributed by atoms with Crippen molar-refractivity contribution in [3.8, 4) is 0 Å². The summed E-state index contributed by atoms with van der Waals surface area (Å²) in [5, 5.41) is 0. The van der Waals surface area contributed by atoms with Crippen LogP contribution in [-0.4, -0.2) is 12.1 Å². The van der Waals surface area contributed by atoms with E-state index in [0.29, 0.717) is 0 Å². The number of carbonyl (C=O) groups is 1. The van der Waals surface area contributed by atoms with Gasteiger partial charge in [-0.25, -0.2) is 0 Å². The van der Waals surface area contributed by atoms with Crippen molar-refractivity contribution in [2.45, 2.75) is 46.6 Å². The lowest BCUT2D eigenvalue weighted by Gasteiger charge is -2.13. The van der Waals surface area contributed by atoms with Crippen LogP contribution in [0.25, 0.3) is 0 Å². The predicted octanol–water partition coefficient (Wildman–Crippen LogP) is 2.37. The fourth-order valence-corrected chi connectivity index (χ4v) is 0.564. The van der Waals surface area contributed by atoms with Gasteiger partial charge in [0.05, 0.1) is 12.0 Å². The summed E-state index contributed by atoms with van der Waals surface area (Å²) in [6.07, 6.45) is 1.81. The highest BCUT2D eigenvalue weighted by Crippen LogP contribution is 2.06. The van der Waals surface area contributed by atoms with Crippen molar-refractivity contribution in [1.29, 1.82) is 0 Å². The molecule has 0 amide bonds.